The maximum Gasteiger partial charge on any atom is 0.181 e. The van der Waals surface area contributed by atoms with Crippen LogP contribution in [0.2, 0.25) is 5.02 Å². The van der Waals surface area contributed by atoms with E-state index in [1.54, 1.807) is 6.07 Å². The molecule has 0 atom stereocenters. The van der Waals surface area contributed by atoms with E-state index < -0.39 is 0 Å². The van der Waals surface area contributed by atoms with E-state index in [2.05, 4.69) is 20.4 Å². The lowest BCUT2D eigenvalue weighted by molar-refractivity contribution is 0.309. The number of nitrogens with two attached hydrogens (primary N) is 1. The minimum absolute atomic E-state index is 0.352. The third kappa shape index (κ3) is 3.25. The number of H-pyrrole nitrogens is 1. The molecule has 0 aliphatic rings. The zero-order valence-electron chi connectivity index (χ0n) is 13.1. The number of pyridine rings is 1. The molecular formula is C18H14ClN5O. The first kappa shape index (κ1) is 15.4. The first-order valence-corrected chi connectivity index (χ1v) is 8.02. The average molecular weight is 352 g/mol. The molecule has 25 heavy (non-hydrogen) atoms. The fourth-order valence-corrected chi connectivity index (χ4v) is 2.75. The number of aromatic amines is 1. The Morgan fingerprint density at radius 3 is 2.68 bits per heavy atom. The normalized spacial score (nSPS) is 10.9. The number of fused-ring (bicyclic) bond motifs is 1. The molecule has 0 saturated heterocycles. The van der Waals surface area contributed by atoms with Crippen LogP contribution < -0.4 is 10.5 Å². The van der Waals surface area contributed by atoms with E-state index >= 15 is 0 Å². The highest BCUT2D eigenvalue weighted by molar-refractivity contribution is 6.30. The van der Waals surface area contributed by atoms with E-state index in [4.69, 9.17) is 22.1 Å². The first-order chi connectivity index (χ1) is 12.2. The van der Waals surface area contributed by atoms with Crippen molar-refractivity contribution in [2.24, 2.45) is 0 Å². The third-order valence-electron chi connectivity index (χ3n) is 3.79. The van der Waals surface area contributed by atoms with Crippen LogP contribution in [0.3, 0.4) is 0 Å². The smallest absolute Gasteiger partial charge is 0.181 e. The second-order valence-corrected chi connectivity index (χ2v) is 5.99. The van der Waals surface area contributed by atoms with Gasteiger partial charge < -0.3 is 10.5 Å². The number of nitrogens with zero attached hydrogens (tertiary/aromatic N) is 3. The summed E-state index contributed by atoms with van der Waals surface area (Å²) in [6, 6.07) is 17.5. The molecule has 4 rings (SSSR count). The Kier molecular flexibility index (Phi) is 3.95. The van der Waals surface area contributed by atoms with Crippen molar-refractivity contribution in [3.63, 3.8) is 0 Å². The molecule has 2 aromatic heterocycles. The minimum atomic E-state index is 0.352. The molecule has 2 aromatic carbocycles. The van der Waals surface area contributed by atoms with Crippen LogP contribution in [0, 0.1) is 0 Å². The Balaban J connectivity index is 1.52. The maximum absolute atomic E-state index is 6.05. The van der Waals surface area contributed by atoms with Crippen LogP contribution in [0.25, 0.3) is 22.3 Å². The molecule has 0 radical (unpaired) electrons. The van der Waals surface area contributed by atoms with E-state index in [1.807, 2.05) is 48.5 Å². The highest BCUT2D eigenvalue weighted by Crippen LogP contribution is 2.25. The molecule has 0 saturated carbocycles. The van der Waals surface area contributed by atoms with Crippen LogP contribution in [0.1, 0.15) is 5.56 Å². The van der Waals surface area contributed by atoms with Crippen LogP contribution in [-0.4, -0.2) is 20.4 Å². The summed E-state index contributed by atoms with van der Waals surface area (Å²) in [5.41, 5.74) is 10.0. The van der Waals surface area contributed by atoms with Gasteiger partial charge in [-0.1, -0.05) is 53.2 Å². The summed E-state index contributed by atoms with van der Waals surface area (Å²) in [6.07, 6.45) is 0. The van der Waals surface area contributed by atoms with Gasteiger partial charge in [0.1, 0.15) is 12.4 Å². The lowest BCUT2D eigenvalue weighted by atomic mass is 10.0. The number of hydrogen-bond donors (Lipinski definition) is 2. The maximum atomic E-state index is 6.05. The number of benzene rings is 2. The SMILES string of the molecule is Nc1cc(OCc2ccc(-c3cccc(Cl)c3)cc2)c2nn[nH]c2n1. The van der Waals surface area contributed by atoms with Gasteiger partial charge in [0.2, 0.25) is 0 Å². The number of nitrogen functional groups attached to an aromatic ring is 1. The number of ether oxygens (including phenoxy) is 1. The zero-order valence-corrected chi connectivity index (χ0v) is 13.9. The summed E-state index contributed by atoms with van der Waals surface area (Å²) in [4.78, 5) is 4.11. The van der Waals surface area contributed by atoms with E-state index in [0.29, 0.717) is 29.3 Å². The fourth-order valence-electron chi connectivity index (χ4n) is 2.56. The van der Waals surface area contributed by atoms with E-state index in [9.17, 15) is 0 Å². The molecule has 0 aliphatic carbocycles. The number of aromatic nitrogens is 4. The fraction of sp³-hybridized carbons (Fsp3) is 0.0556. The molecule has 0 unspecified atom stereocenters. The molecule has 0 amide bonds. The molecule has 2 heterocycles. The number of rotatable bonds is 4. The molecule has 6 nitrogen and oxygen atoms in total. The van der Waals surface area contributed by atoms with Crippen molar-refractivity contribution < 1.29 is 4.74 Å². The summed E-state index contributed by atoms with van der Waals surface area (Å²) >= 11 is 6.05. The Labute approximate surface area is 148 Å². The third-order valence-corrected chi connectivity index (χ3v) is 4.02. The molecule has 124 valence electrons. The van der Waals surface area contributed by atoms with Crippen molar-refractivity contribution in [3.8, 4) is 16.9 Å². The van der Waals surface area contributed by atoms with Gasteiger partial charge in [-0.25, -0.2) is 10.1 Å². The lowest BCUT2D eigenvalue weighted by Gasteiger charge is -2.08. The second kappa shape index (κ2) is 6.41. The Morgan fingerprint density at radius 2 is 1.88 bits per heavy atom. The van der Waals surface area contributed by atoms with Crippen molar-refractivity contribution in [3.05, 3.63) is 65.2 Å². The quantitative estimate of drug-likeness (QED) is 0.583. The monoisotopic (exact) mass is 351 g/mol. The highest BCUT2D eigenvalue weighted by atomic mass is 35.5. The van der Waals surface area contributed by atoms with Gasteiger partial charge in [0.15, 0.2) is 16.9 Å². The van der Waals surface area contributed by atoms with Crippen molar-refractivity contribution in [1.29, 1.82) is 0 Å². The summed E-state index contributed by atoms with van der Waals surface area (Å²) in [5.74, 6) is 0.903. The Morgan fingerprint density at radius 1 is 1.04 bits per heavy atom. The van der Waals surface area contributed by atoms with Crippen LogP contribution in [0.15, 0.2) is 54.6 Å². The molecule has 0 aliphatic heterocycles. The number of halogens is 1. The van der Waals surface area contributed by atoms with E-state index in [-0.39, 0.29) is 0 Å². The molecule has 0 fully saturated rings. The summed E-state index contributed by atoms with van der Waals surface area (Å²) in [5, 5.41) is 11.1. The molecule has 0 bridgehead atoms. The van der Waals surface area contributed by atoms with Gasteiger partial charge in [0, 0.05) is 11.1 Å². The molecule has 0 spiro atoms. The van der Waals surface area contributed by atoms with E-state index in [1.165, 1.54) is 0 Å². The predicted octanol–water partition coefficient (Wildman–Crippen LogP) is 3.83. The van der Waals surface area contributed by atoms with Crippen LogP contribution >= 0.6 is 11.6 Å². The van der Waals surface area contributed by atoms with Crippen LogP contribution in [0.4, 0.5) is 5.82 Å². The van der Waals surface area contributed by atoms with Crippen molar-refractivity contribution in [2.45, 2.75) is 6.61 Å². The molecule has 7 heteroatoms. The highest BCUT2D eigenvalue weighted by Gasteiger charge is 2.09. The van der Waals surface area contributed by atoms with Gasteiger partial charge in [-0.05, 0) is 28.8 Å². The zero-order chi connectivity index (χ0) is 17.2. The molecule has 4 aromatic rings. The number of nitrogens with one attached hydrogen (secondary N) is 1. The average Bonchev–Trinajstić information content (AvgIpc) is 3.08. The van der Waals surface area contributed by atoms with Gasteiger partial charge in [0.25, 0.3) is 0 Å². The van der Waals surface area contributed by atoms with Crippen molar-refractivity contribution in [1.82, 2.24) is 20.4 Å². The Bertz CT molecular complexity index is 1030. The summed E-state index contributed by atoms with van der Waals surface area (Å²) in [6.45, 7) is 0.390. The van der Waals surface area contributed by atoms with Gasteiger partial charge in [0.05, 0.1) is 0 Å². The number of anilines is 1. The standard InChI is InChI=1S/C18H14ClN5O/c19-14-3-1-2-13(8-14)12-6-4-11(5-7-12)10-25-15-9-16(20)21-18-17(15)22-24-23-18/h1-9H,10H2,(H3,20,21,22,23,24). The van der Waals surface area contributed by atoms with Crippen LogP contribution in [0.5, 0.6) is 5.75 Å². The van der Waals surface area contributed by atoms with Crippen molar-refractivity contribution >= 4 is 28.6 Å². The Hall–Kier alpha value is -3.12. The second-order valence-electron chi connectivity index (χ2n) is 5.55. The van der Waals surface area contributed by atoms with E-state index in [0.717, 1.165) is 21.7 Å². The van der Waals surface area contributed by atoms with Crippen molar-refractivity contribution in [2.75, 3.05) is 5.73 Å². The summed E-state index contributed by atoms with van der Waals surface area (Å²) < 4.78 is 5.85. The topological polar surface area (TPSA) is 89.7 Å². The lowest BCUT2D eigenvalue weighted by Crippen LogP contribution is -1.99. The van der Waals surface area contributed by atoms with Gasteiger partial charge in [-0.15, -0.1) is 5.10 Å². The van der Waals surface area contributed by atoms with Gasteiger partial charge in [-0.3, -0.25) is 0 Å². The number of hydrogen-bond acceptors (Lipinski definition) is 5. The van der Waals surface area contributed by atoms with Gasteiger partial charge in [-0.2, -0.15) is 0 Å². The largest absolute Gasteiger partial charge is 0.486 e. The van der Waals surface area contributed by atoms with Gasteiger partial charge >= 0.3 is 0 Å². The van der Waals surface area contributed by atoms with Crippen LogP contribution in [-0.2, 0) is 6.61 Å². The predicted molar refractivity (Wildman–Crippen MR) is 97.3 cm³/mol. The molecule has 3 N–H and O–H groups in total. The summed E-state index contributed by atoms with van der Waals surface area (Å²) in [7, 11) is 0. The minimum Gasteiger partial charge on any atom is -0.486 e. The molecular weight excluding hydrogens is 338 g/mol. The first-order valence-electron chi connectivity index (χ1n) is 7.64.